The molecule has 0 fully saturated rings. The number of carbonyl (C=O) groups is 1. The van der Waals surface area contributed by atoms with E-state index in [2.05, 4.69) is 18.3 Å². The third-order valence-electron chi connectivity index (χ3n) is 5.34. The predicted octanol–water partition coefficient (Wildman–Crippen LogP) is 2.71. The lowest BCUT2D eigenvalue weighted by Gasteiger charge is -2.38. The standard InChI is InChI=1S/C19H21NO3/c1-2-3-11-6-13-14(19(11)23)9-20-15-5-4-10-7-16(21)17(22)8-12(10)18(13)15/h6-8,15,18,20-22H,2-5,9H2,1H3/t15-,18+/m0/s1. The maximum atomic E-state index is 12.6. The fourth-order valence-electron chi connectivity index (χ4n) is 4.25. The molecule has 4 heteroatoms. The van der Waals surface area contributed by atoms with Crippen LogP contribution in [0.3, 0.4) is 0 Å². The lowest BCUT2D eigenvalue weighted by molar-refractivity contribution is -0.112. The second-order valence-electron chi connectivity index (χ2n) is 6.73. The zero-order chi connectivity index (χ0) is 16.1. The lowest BCUT2D eigenvalue weighted by atomic mass is 9.72. The highest BCUT2D eigenvalue weighted by Crippen LogP contribution is 2.46. The van der Waals surface area contributed by atoms with Crippen LogP contribution in [0.25, 0.3) is 0 Å². The van der Waals surface area contributed by atoms with Gasteiger partial charge in [-0.3, -0.25) is 4.79 Å². The molecule has 0 radical (unpaired) electrons. The second-order valence-corrected chi connectivity index (χ2v) is 6.73. The van der Waals surface area contributed by atoms with Gasteiger partial charge in [0.2, 0.25) is 0 Å². The Labute approximate surface area is 135 Å². The van der Waals surface area contributed by atoms with Crippen LogP contribution in [0.1, 0.15) is 43.2 Å². The molecular formula is C19H21NO3. The molecule has 0 saturated carbocycles. The van der Waals surface area contributed by atoms with Crippen molar-refractivity contribution >= 4 is 5.78 Å². The van der Waals surface area contributed by atoms with Crippen LogP contribution >= 0.6 is 0 Å². The SMILES string of the molecule is CCCC1=CC2=C(CN[C@H]3CCc4cc(O)c(O)cc4[C@H]23)C1=O. The number of aryl methyl sites for hydroxylation is 1. The van der Waals surface area contributed by atoms with Crippen LogP contribution in [0.2, 0.25) is 0 Å². The van der Waals surface area contributed by atoms with Crippen LogP contribution in [-0.4, -0.2) is 28.6 Å². The van der Waals surface area contributed by atoms with Crippen molar-refractivity contribution < 1.29 is 15.0 Å². The number of Topliss-reactive ketones (excluding diaryl/α,β-unsaturated/α-hetero) is 1. The first-order valence-electron chi connectivity index (χ1n) is 8.36. The summed E-state index contributed by atoms with van der Waals surface area (Å²) in [7, 11) is 0. The average molecular weight is 311 g/mol. The van der Waals surface area contributed by atoms with E-state index in [1.165, 1.54) is 0 Å². The summed E-state index contributed by atoms with van der Waals surface area (Å²) < 4.78 is 0. The van der Waals surface area contributed by atoms with Crippen molar-refractivity contribution in [1.29, 1.82) is 0 Å². The van der Waals surface area contributed by atoms with Crippen molar-refractivity contribution in [2.45, 2.75) is 44.6 Å². The summed E-state index contributed by atoms with van der Waals surface area (Å²) in [5, 5.41) is 23.2. The van der Waals surface area contributed by atoms with Gasteiger partial charge in [0.15, 0.2) is 17.3 Å². The van der Waals surface area contributed by atoms with Crippen molar-refractivity contribution in [3.05, 3.63) is 46.1 Å². The van der Waals surface area contributed by atoms with Gasteiger partial charge in [0.1, 0.15) is 0 Å². The van der Waals surface area contributed by atoms with E-state index < -0.39 is 0 Å². The number of hydrogen-bond acceptors (Lipinski definition) is 4. The first-order chi connectivity index (χ1) is 11.1. The molecule has 2 atom stereocenters. The molecule has 0 amide bonds. The van der Waals surface area contributed by atoms with Crippen LogP contribution in [0.15, 0.2) is 34.9 Å². The van der Waals surface area contributed by atoms with Gasteiger partial charge in [0.25, 0.3) is 0 Å². The topological polar surface area (TPSA) is 69.6 Å². The van der Waals surface area contributed by atoms with Gasteiger partial charge in [-0.25, -0.2) is 0 Å². The van der Waals surface area contributed by atoms with Gasteiger partial charge in [-0.2, -0.15) is 0 Å². The fraction of sp³-hybridized carbons (Fsp3) is 0.421. The van der Waals surface area contributed by atoms with Gasteiger partial charge < -0.3 is 15.5 Å². The minimum absolute atomic E-state index is 0.0649. The van der Waals surface area contributed by atoms with E-state index in [-0.39, 0.29) is 29.2 Å². The van der Waals surface area contributed by atoms with Crippen molar-refractivity contribution in [1.82, 2.24) is 5.32 Å². The summed E-state index contributed by atoms with van der Waals surface area (Å²) in [6, 6.07) is 3.63. The number of fused-ring (bicyclic) bond motifs is 4. The number of hydrogen-bond donors (Lipinski definition) is 3. The number of ketones is 1. The molecular weight excluding hydrogens is 290 g/mol. The molecule has 120 valence electrons. The molecule has 0 saturated heterocycles. The monoisotopic (exact) mass is 311 g/mol. The highest BCUT2D eigenvalue weighted by Gasteiger charge is 2.40. The van der Waals surface area contributed by atoms with Crippen molar-refractivity contribution in [3.63, 3.8) is 0 Å². The molecule has 3 aliphatic rings. The lowest BCUT2D eigenvalue weighted by Crippen LogP contribution is -2.44. The Morgan fingerprint density at radius 3 is 2.83 bits per heavy atom. The third-order valence-corrected chi connectivity index (χ3v) is 5.34. The van der Waals surface area contributed by atoms with Crippen molar-refractivity contribution in [2.75, 3.05) is 6.54 Å². The van der Waals surface area contributed by atoms with Gasteiger partial charge in [-0.05, 0) is 48.1 Å². The van der Waals surface area contributed by atoms with Gasteiger partial charge in [-0.1, -0.05) is 19.4 Å². The zero-order valence-electron chi connectivity index (χ0n) is 13.2. The Morgan fingerprint density at radius 2 is 2.04 bits per heavy atom. The number of phenolic OH excluding ortho intramolecular Hbond substituents is 2. The van der Waals surface area contributed by atoms with Crippen LogP contribution in [-0.2, 0) is 11.2 Å². The molecule has 0 spiro atoms. The van der Waals surface area contributed by atoms with E-state index in [1.54, 1.807) is 12.1 Å². The van der Waals surface area contributed by atoms with Crippen LogP contribution in [0, 0.1) is 0 Å². The molecule has 23 heavy (non-hydrogen) atoms. The molecule has 1 heterocycles. The summed E-state index contributed by atoms with van der Waals surface area (Å²) in [5.41, 5.74) is 5.03. The summed E-state index contributed by atoms with van der Waals surface area (Å²) in [6.45, 7) is 2.72. The summed E-state index contributed by atoms with van der Waals surface area (Å²) in [4.78, 5) is 12.6. The number of rotatable bonds is 2. The van der Waals surface area contributed by atoms with Gasteiger partial charge in [0.05, 0.1) is 0 Å². The highest BCUT2D eigenvalue weighted by molar-refractivity contribution is 6.13. The van der Waals surface area contributed by atoms with Crippen LogP contribution in [0.4, 0.5) is 0 Å². The largest absolute Gasteiger partial charge is 0.504 e. The molecule has 0 aromatic heterocycles. The molecule has 1 aliphatic heterocycles. The van der Waals surface area contributed by atoms with E-state index in [0.29, 0.717) is 6.54 Å². The second kappa shape index (κ2) is 5.24. The molecule has 0 bridgehead atoms. The van der Waals surface area contributed by atoms with Crippen molar-refractivity contribution in [3.8, 4) is 11.5 Å². The molecule has 1 aromatic rings. The first kappa shape index (κ1) is 14.5. The smallest absolute Gasteiger partial charge is 0.186 e. The number of nitrogens with one attached hydrogen (secondary N) is 1. The molecule has 4 nitrogen and oxygen atoms in total. The van der Waals surface area contributed by atoms with Gasteiger partial charge in [-0.15, -0.1) is 0 Å². The first-order valence-corrected chi connectivity index (χ1v) is 8.36. The molecule has 2 aliphatic carbocycles. The zero-order valence-corrected chi connectivity index (χ0v) is 13.2. The summed E-state index contributed by atoms with van der Waals surface area (Å²) in [5.74, 6) is 0.124. The number of allylic oxidation sites excluding steroid dienone is 2. The van der Waals surface area contributed by atoms with E-state index >= 15 is 0 Å². The predicted molar refractivity (Wildman–Crippen MR) is 87.6 cm³/mol. The Bertz CT molecular complexity index is 760. The van der Waals surface area contributed by atoms with E-state index in [4.69, 9.17) is 0 Å². The Kier molecular flexibility index (Phi) is 3.31. The fourth-order valence-corrected chi connectivity index (χ4v) is 4.25. The van der Waals surface area contributed by atoms with E-state index in [1.807, 2.05) is 0 Å². The molecule has 4 rings (SSSR count). The van der Waals surface area contributed by atoms with Gasteiger partial charge in [0, 0.05) is 29.7 Å². The minimum atomic E-state index is -0.0841. The number of phenols is 2. The average Bonchev–Trinajstić information content (AvgIpc) is 2.85. The number of benzene rings is 1. The summed E-state index contributed by atoms with van der Waals surface area (Å²) >= 11 is 0. The minimum Gasteiger partial charge on any atom is -0.504 e. The Morgan fingerprint density at radius 1 is 1.26 bits per heavy atom. The van der Waals surface area contributed by atoms with E-state index in [9.17, 15) is 15.0 Å². The van der Waals surface area contributed by atoms with Gasteiger partial charge >= 0.3 is 0 Å². The Hall–Kier alpha value is -2.07. The van der Waals surface area contributed by atoms with Crippen LogP contribution < -0.4 is 5.32 Å². The molecule has 0 unspecified atom stereocenters. The third kappa shape index (κ3) is 2.12. The van der Waals surface area contributed by atoms with Crippen molar-refractivity contribution in [2.24, 2.45) is 0 Å². The number of carbonyl (C=O) groups excluding carboxylic acids is 1. The Balaban J connectivity index is 1.83. The highest BCUT2D eigenvalue weighted by atomic mass is 16.3. The maximum absolute atomic E-state index is 12.6. The normalized spacial score (nSPS) is 25.8. The number of aromatic hydroxyl groups is 2. The molecule has 3 N–H and O–H groups in total. The molecule has 1 aromatic carbocycles. The van der Waals surface area contributed by atoms with Crippen LogP contribution in [0.5, 0.6) is 11.5 Å². The summed E-state index contributed by atoms with van der Waals surface area (Å²) in [6.07, 6.45) is 5.71. The van der Waals surface area contributed by atoms with E-state index in [0.717, 1.165) is 53.5 Å². The maximum Gasteiger partial charge on any atom is 0.186 e. The quantitative estimate of drug-likeness (QED) is 0.735.